The molecule has 1 aromatic carbocycles. The number of benzene rings is 1. The molecule has 0 aliphatic heterocycles. The van der Waals surface area contributed by atoms with Gasteiger partial charge in [-0.05, 0) is 0 Å². The Balaban J connectivity index is 2.95. The van der Waals surface area contributed by atoms with E-state index in [1.165, 1.54) is 0 Å². The van der Waals surface area contributed by atoms with Crippen molar-refractivity contribution in [1.29, 1.82) is 0 Å². The maximum atomic E-state index is 5.91. The van der Waals surface area contributed by atoms with Gasteiger partial charge < -0.3 is 14.3 Å². The van der Waals surface area contributed by atoms with E-state index in [2.05, 4.69) is 0 Å². The van der Waals surface area contributed by atoms with Gasteiger partial charge in [-0.25, -0.2) is 0 Å². The van der Waals surface area contributed by atoms with E-state index in [1.807, 2.05) is 30.3 Å². The highest BCUT2D eigenvalue weighted by Gasteiger charge is 2.33. The van der Waals surface area contributed by atoms with E-state index in [-0.39, 0.29) is 0 Å². The number of rotatable bonds is 3. The van der Waals surface area contributed by atoms with Crippen LogP contribution in [0.3, 0.4) is 0 Å². The molecule has 12 heavy (non-hydrogen) atoms. The summed E-state index contributed by atoms with van der Waals surface area (Å²) in [6.45, 7) is 0. The van der Waals surface area contributed by atoms with Gasteiger partial charge in [-0.2, -0.15) is 0 Å². The number of nitrogens with two attached hydrogens (primary N) is 1. The van der Waals surface area contributed by atoms with Crippen LogP contribution in [0.5, 0.6) is 0 Å². The lowest BCUT2D eigenvalue weighted by atomic mass is 10.4. The van der Waals surface area contributed by atoms with E-state index in [0.29, 0.717) is 0 Å². The molecule has 0 aliphatic rings. The quantitative estimate of drug-likeness (QED) is 0.675. The van der Waals surface area contributed by atoms with Gasteiger partial charge >= 0.3 is 8.72 Å². The minimum absolute atomic E-state index is 0.940. The van der Waals surface area contributed by atoms with Crippen molar-refractivity contribution in [2.75, 3.05) is 14.2 Å². The van der Waals surface area contributed by atoms with Gasteiger partial charge in [0.2, 0.25) is 0 Å². The normalized spacial score (nSPS) is 11.6. The molecule has 0 atom stereocenters. The standard InChI is InChI=1S/C8H13NO2Si/c1-10-12(9,11-2)8-6-4-3-5-7-8/h3-7H,9H2,1-2H3. The van der Waals surface area contributed by atoms with E-state index in [9.17, 15) is 0 Å². The topological polar surface area (TPSA) is 44.5 Å². The predicted octanol–water partition coefficient (Wildman–Crippen LogP) is 0.0840. The summed E-state index contributed by atoms with van der Waals surface area (Å²) in [5, 5.41) is 6.85. The average molecular weight is 183 g/mol. The molecule has 0 aliphatic carbocycles. The van der Waals surface area contributed by atoms with Crippen LogP contribution in [0.25, 0.3) is 0 Å². The van der Waals surface area contributed by atoms with Crippen LogP contribution in [-0.2, 0) is 8.85 Å². The monoisotopic (exact) mass is 183 g/mol. The van der Waals surface area contributed by atoms with Crippen LogP contribution in [-0.4, -0.2) is 22.9 Å². The van der Waals surface area contributed by atoms with Crippen LogP contribution in [0.4, 0.5) is 0 Å². The molecule has 0 fully saturated rings. The van der Waals surface area contributed by atoms with Crippen molar-refractivity contribution in [2.24, 2.45) is 5.40 Å². The molecule has 4 heteroatoms. The third-order valence-corrected chi connectivity index (χ3v) is 4.13. The zero-order valence-electron chi connectivity index (χ0n) is 7.28. The van der Waals surface area contributed by atoms with Gasteiger partial charge in [0.15, 0.2) is 0 Å². The largest absolute Gasteiger partial charge is 0.457 e. The lowest BCUT2D eigenvalue weighted by Gasteiger charge is -2.21. The SMILES string of the molecule is CO[Si](N)(OC)c1ccccc1. The van der Waals surface area contributed by atoms with Crippen molar-refractivity contribution < 1.29 is 8.85 Å². The Morgan fingerprint density at radius 1 is 1.08 bits per heavy atom. The molecular formula is C8H13NO2Si. The molecule has 0 aromatic heterocycles. The molecule has 0 amide bonds. The lowest BCUT2D eigenvalue weighted by molar-refractivity contribution is 0.259. The summed E-state index contributed by atoms with van der Waals surface area (Å²) in [5.74, 6) is 0. The zero-order valence-corrected chi connectivity index (χ0v) is 8.28. The Kier molecular flexibility index (Phi) is 2.99. The van der Waals surface area contributed by atoms with Gasteiger partial charge in [-0.1, -0.05) is 30.3 Å². The first-order valence-corrected chi connectivity index (χ1v) is 5.57. The molecule has 0 heterocycles. The van der Waals surface area contributed by atoms with Crippen LogP contribution in [0.1, 0.15) is 0 Å². The van der Waals surface area contributed by atoms with Crippen molar-refractivity contribution in [3.63, 3.8) is 0 Å². The second kappa shape index (κ2) is 3.82. The fraction of sp³-hybridized carbons (Fsp3) is 0.250. The lowest BCUT2D eigenvalue weighted by Crippen LogP contribution is -2.61. The molecule has 1 aromatic rings. The summed E-state index contributed by atoms with van der Waals surface area (Å²) >= 11 is 0. The van der Waals surface area contributed by atoms with E-state index in [0.717, 1.165) is 5.19 Å². The molecule has 0 radical (unpaired) electrons. The highest BCUT2D eigenvalue weighted by atomic mass is 28.4. The summed E-state index contributed by atoms with van der Waals surface area (Å²) in [7, 11) is 0.571. The zero-order chi connectivity index (χ0) is 9.03. The minimum atomic E-state index is -2.57. The fourth-order valence-corrected chi connectivity index (χ4v) is 2.28. The molecule has 0 unspecified atom stereocenters. The molecule has 0 spiro atoms. The smallest absolute Gasteiger partial charge is 0.383 e. The Bertz CT molecular complexity index is 236. The first-order valence-electron chi connectivity index (χ1n) is 3.67. The molecule has 66 valence electrons. The van der Waals surface area contributed by atoms with Crippen LogP contribution in [0.2, 0.25) is 0 Å². The van der Waals surface area contributed by atoms with Gasteiger partial charge in [0.1, 0.15) is 0 Å². The Morgan fingerprint density at radius 2 is 1.58 bits per heavy atom. The van der Waals surface area contributed by atoms with Gasteiger partial charge in [0.25, 0.3) is 0 Å². The number of hydrogen-bond acceptors (Lipinski definition) is 3. The van der Waals surface area contributed by atoms with Gasteiger partial charge in [0.05, 0.1) is 0 Å². The van der Waals surface area contributed by atoms with Crippen molar-refractivity contribution in [2.45, 2.75) is 0 Å². The molecule has 1 rings (SSSR count). The Hall–Kier alpha value is -0.683. The maximum Gasteiger partial charge on any atom is 0.457 e. The molecule has 2 N–H and O–H groups in total. The number of hydrogen-bond donors (Lipinski definition) is 1. The summed E-state index contributed by atoms with van der Waals surface area (Å²) in [6.07, 6.45) is 0. The summed E-state index contributed by atoms with van der Waals surface area (Å²) in [6, 6.07) is 9.60. The summed E-state index contributed by atoms with van der Waals surface area (Å²) in [4.78, 5) is 0. The maximum absolute atomic E-state index is 5.91. The molecular weight excluding hydrogens is 170 g/mol. The molecule has 0 bridgehead atoms. The highest BCUT2D eigenvalue weighted by Crippen LogP contribution is 1.97. The van der Waals surface area contributed by atoms with Crippen LogP contribution in [0, 0.1) is 0 Å². The third-order valence-electron chi connectivity index (χ3n) is 1.78. The van der Waals surface area contributed by atoms with E-state index in [4.69, 9.17) is 14.3 Å². The second-order valence-corrected chi connectivity index (χ2v) is 5.17. The van der Waals surface area contributed by atoms with Crippen LogP contribution in [0.15, 0.2) is 30.3 Å². The summed E-state index contributed by atoms with van der Waals surface area (Å²) < 4.78 is 10.3. The molecule has 3 nitrogen and oxygen atoms in total. The first kappa shape index (κ1) is 9.41. The molecule has 0 saturated heterocycles. The van der Waals surface area contributed by atoms with E-state index >= 15 is 0 Å². The fourth-order valence-electron chi connectivity index (χ4n) is 0.989. The third kappa shape index (κ3) is 1.73. The molecule has 0 saturated carbocycles. The Morgan fingerprint density at radius 3 is 2.00 bits per heavy atom. The van der Waals surface area contributed by atoms with Crippen molar-refractivity contribution >= 4 is 13.9 Å². The van der Waals surface area contributed by atoms with Gasteiger partial charge in [-0.3, -0.25) is 0 Å². The predicted molar refractivity (Wildman–Crippen MR) is 50.0 cm³/mol. The average Bonchev–Trinajstić information content (AvgIpc) is 2.18. The van der Waals surface area contributed by atoms with Gasteiger partial charge in [-0.15, -0.1) is 0 Å². The highest BCUT2D eigenvalue weighted by molar-refractivity contribution is 6.78. The van der Waals surface area contributed by atoms with Crippen molar-refractivity contribution in [1.82, 2.24) is 0 Å². The van der Waals surface area contributed by atoms with Crippen molar-refractivity contribution in [3.8, 4) is 0 Å². The van der Waals surface area contributed by atoms with Crippen molar-refractivity contribution in [3.05, 3.63) is 30.3 Å². The first-order chi connectivity index (χ1) is 5.73. The van der Waals surface area contributed by atoms with Crippen LogP contribution >= 0.6 is 0 Å². The van der Waals surface area contributed by atoms with Crippen LogP contribution < -0.4 is 10.6 Å². The van der Waals surface area contributed by atoms with E-state index in [1.54, 1.807) is 14.2 Å². The summed E-state index contributed by atoms with van der Waals surface area (Å²) in [5.41, 5.74) is 0. The van der Waals surface area contributed by atoms with Gasteiger partial charge in [0, 0.05) is 19.4 Å². The van der Waals surface area contributed by atoms with E-state index < -0.39 is 8.72 Å². The Labute approximate surface area is 73.4 Å². The second-order valence-electron chi connectivity index (χ2n) is 2.44. The minimum Gasteiger partial charge on any atom is -0.383 e.